The van der Waals surface area contributed by atoms with Crippen molar-refractivity contribution >= 4 is 0 Å². The second kappa shape index (κ2) is 5.75. The zero-order valence-corrected chi connectivity index (χ0v) is 7.66. The molecule has 0 aliphatic carbocycles. The molecule has 1 aromatic rings. The van der Waals surface area contributed by atoms with Gasteiger partial charge in [0.2, 0.25) is 0 Å². The summed E-state index contributed by atoms with van der Waals surface area (Å²) in [6, 6.07) is 10.5. The second-order valence-corrected chi connectivity index (χ2v) is 2.81. The molecule has 0 aliphatic heterocycles. The van der Waals surface area contributed by atoms with E-state index in [2.05, 4.69) is 19.1 Å². The Kier molecular flexibility index (Phi) is 5.34. The summed E-state index contributed by atoms with van der Waals surface area (Å²) in [6.07, 6.45) is 2.22. The normalized spacial score (nSPS) is 11.8. The van der Waals surface area contributed by atoms with Gasteiger partial charge < -0.3 is 11.9 Å². The summed E-state index contributed by atoms with van der Waals surface area (Å²) in [4.78, 5) is 0. The average Bonchev–Trinajstić information content (AvgIpc) is 2.07. The van der Waals surface area contributed by atoms with Crippen molar-refractivity contribution in [2.24, 2.45) is 5.73 Å². The standard InChI is InChI=1S/C10H15N.H3N/c1-2-6-10(11)9-7-4-3-5-8-9;/h3-5,7-8,10H,2,6,11H2,1H3;1H3. The molecular weight excluding hydrogens is 148 g/mol. The Labute approximate surface area is 74.4 Å². The van der Waals surface area contributed by atoms with Gasteiger partial charge in [0, 0.05) is 6.04 Å². The molecular formula is C10H18N2. The van der Waals surface area contributed by atoms with Crippen LogP contribution in [0.15, 0.2) is 30.3 Å². The van der Waals surface area contributed by atoms with Gasteiger partial charge in [-0.2, -0.15) is 0 Å². The number of nitrogens with two attached hydrogens (primary N) is 1. The van der Waals surface area contributed by atoms with Gasteiger partial charge in [-0.1, -0.05) is 43.7 Å². The van der Waals surface area contributed by atoms with E-state index in [9.17, 15) is 0 Å². The van der Waals surface area contributed by atoms with Crippen molar-refractivity contribution in [3.63, 3.8) is 0 Å². The lowest BCUT2D eigenvalue weighted by molar-refractivity contribution is 0.638. The summed E-state index contributed by atoms with van der Waals surface area (Å²) in [7, 11) is 0. The molecule has 0 saturated heterocycles. The summed E-state index contributed by atoms with van der Waals surface area (Å²) >= 11 is 0. The van der Waals surface area contributed by atoms with Crippen LogP contribution in [0.1, 0.15) is 31.4 Å². The van der Waals surface area contributed by atoms with Crippen LogP contribution in [0.4, 0.5) is 0 Å². The molecule has 2 nitrogen and oxygen atoms in total. The summed E-state index contributed by atoms with van der Waals surface area (Å²) in [6.45, 7) is 2.16. The summed E-state index contributed by atoms with van der Waals surface area (Å²) in [5.74, 6) is 0. The molecule has 0 amide bonds. The van der Waals surface area contributed by atoms with Gasteiger partial charge in [-0.05, 0) is 12.0 Å². The molecule has 0 saturated carbocycles. The molecule has 0 bridgehead atoms. The SMILES string of the molecule is CCCC(N)c1ccccc1.N. The van der Waals surface area contributed by atoms with Crippen LogP contribution in [0.2, 0.25) is 0 Å². The molecule has 12 heavy (non-hydrogen) atoms. The number of benzene rings is 1. The van der Waals surface area contributed by atoms with Crippen LogP contribution in [0.5, 0.6) is 0 Å². The van der Waals surface area contributed by atoms with E-state index < -0.39 is 0 Å². The van der Waals surface area contributed by atoms with Gasteiger partial charge in [0.15, 0.2) is 0 Å². The van der Waals surface area contributed by atoms with Crippen molar-refractivity contribution in [1.29, 1.82) is 0 Å². The van der Waals surface area contributed by atoms with E-state index in [4.69, 9.17) is 5.73 Å². The van der Waals surface area contributed by atoms with Crippen LogP contribution in [0, 0.1) is 0 Å². The maximum absolute atomic E-state index is 5.91. The molecule has 1 atom stereocenters. The lowest BCUT2D eigenvalue weighted by Gasteiger charge is -2.09. The minimum absolute atomic E-state index is 0. The van der Waals surface area contributed by atoms with E-state index in [0.717, 1.165) is 12.8 Å². The lowest BCUT2D eigenvalue weighted by Crippen LogP contribution is -2.08. The molecule has 2 heteroatoms. The Balaban J connectivity index is 0.00000121. The van der Waals surface area contributed by atoms with Crippen molar-refractivity contribution < 1.29 is 0 Å². The van der Waals surface area contributed by atoms with Crippen LogP contribution in [-0.2, 0) is 0 Å². The zero-order valence-electron chi connectivity index (χ0n) is 7.66. The maximum Gasteiger partial charge on any atom is 0.0294 e. The van der Waals surface area contributed by atoms with Gasteiger partial charge in [-0.15, -0.1) is 0 Å². The van der Waals surface area contributed by atoms with Crippen molar-refractivity contribution in [2.45, 2.75) is 25.8 Å². The van der Waals surface area contributed by atoms with E-state index in [1.54, 1.807) is 0 Å². The van der Waals surface area contributed by atoms with E-state index in [-0.39, 0.29) is 12.2 Å². The van der Waals surface area contributed by atoms with E-state index in [1.807, 2.05) is 18.2 Å². The Morgan fingerprint density at radius 1 is 1.25 bits per heavy atom. The molecule has 1 aromatic carbocycles. The summed E-state index contributed by atoms with van der Waals surface area (Å²) in [5, 5.41) is 0. The highest BCUT2D eigenvalue weighted by atomic mass is 14.6. The molecule has 0 aromatic heterocycles. The number of hydrogen-bond donors (Lipinski definition) is 2. The largest absolute Gasteiger partial charge is 0.344 e. The van der Waals surface area contributed by atoms with E-state index in [0.29, 0.717) is 0 Å². The van der Waals surface area contributed by atoms with Gasteiger partial charge in [-0.3, -0.25) is 0 Å². The third-order valence-corrected chi connectivity index (χ3v) is 1.83. The fraction of sp³-hybridized carbons (Fsp3) is 0.400. The maximum atomic E-state index is 5.91. The first-order chi connectivity index (χ1) is 5.34. The Morgan fingerprint density at radius 3 is 2.33 bits per heavy atom. The quantitative estimate of drug-likeness (QED) is 0.725. The fourth-order valence-electron chi connectivity index (χ4n) is 1.18. The first kappa shape index (κ1) is 11.1. The first-order valence-electron chi connectivity index (χ1n) is 4.15. The molecule has 68 valence electrons. The van der Waals surface area contributed by atoms with Crippen molar-refractivity contribution in [2.75, 3.05) is 0 Å². The molecule has 0 heterocycles. The Bertz CT molecular complexity index is 196. The van der Waals surface area contributed by atoms with Crippen LogP contribution in [0.3, 0.4) is 0 Å². The van der Waals surface area contributed by atoms with Crippen molar-refractivity contribution in [3.8, 4) is 0 Å². The van der Waals surface area contributed by atoms with Gasteiger partial charge in [-0.25, -0.2) is 0 Å². The molecule has 0 spiro atoms. The monoisotopic (exact) mass is 166 g/mol. The highest BCUT2D eigenvalue weighted by Gasteiger charge is 2.01. The highest BCUT2D eigenvalue weighted by Crippen LogP contribution is 2.13. The fourth-order valence-corrected chi connectivity index (χ4v) is 1.18. The number of rotatable bonds is 3. The Hall–Kier alpha value is -0.860. The van der Waals surface area contributed by atoms with E-state index in [1.165, 1.54) is 5.56 Å². The minimum Gasteiger partial charge on any atom is -0.344 e. The lowest BCUT2D eigenvalue weighted by atomic mass is 10.0. The van der Waals surface area contributed by atoms with Crippen LogP contribution in [0.25, 0.3) is 0 Å². The van der Waals surface area contributed by atoms with Crippen molar-refractivity contribution in [1.82, 2.24) is 6.15 Å². The average molecular weight is 166 g/mol. The number of hydrogen-bond acceptors (Lipinski definition) is 2. The zero-order chi connectivity index (χ0) is 8.10. The minimum atomic E-state index is 0. The second-order valence-electron chi connectivity index (χ2n) is 2.81. The topological polar surface area (TPSA) is 61.0 Å². The third kappa shape index (κ3) is 3.03. The van der Waals surface area contributed by atoms with Gasteiger partial charge in [0.05, 0.1) is 0 Å². The van der Waals surface area contributed by atoms with Gasteiger partial charge >= 0.3 is 0 Å². The first-order valence-corrected chi connectivity index (χ1v) is 4.15. The van der Waals surface area contributed by atoms with Crippen LogP contribution < -0.4 is 11.9 Å². The summed E-state index contributed by atoms with van der Waals surface area (Å²) < 4.78 is 0. The molecule has 0 fully saturated rings. The smallest absolute Gasteiger partial charge is 0.0294 e. The third-order valence-electron chi connectivity index (χ3n) is 1.83. The molecule has 1 unspecified atom stereocenters. The predicted octanol–water partition coefficient (Wildman–Crippen LogP) is 2.65. The van der Waals surface area contributed by atoms with Gasteiger partial charge in [0.1, 0.15) is 0 Å². The highest BCUT2D eigenvalue weighted by molar-refractivity contribution is 5.18. The van der Waals surface area contributed by atoms with Crippen molar-refractivity contribution in [3.05, 3.63) is 35.9 Å². The molecule has 1 rings (SSSR count). The van der Waals surface area contributed by atoms with Crippen LogP contribution >= 0.6 is 0 Å². The summed E-state index contributed by atoms with van der Waals surface area (Å²) in [5.41, 5.74) is 7.15. The van der Waals surface area contributed by atoms with E-state index >= 15 is 0 Å². The molecule has 0 aliphatic rings. The molecule has 0 radical (unpaired) electrons. The predicted molar refractivity (Wildman–Crippen MR) is 53.3 cm³/mol. The Morgan fingerprint density at radius 2 is 1.83 bits per heavy atom. The van der Waals surface area contributed by atoms with Crippen LogP contribution in [-0.4, -0.2) is 0 Å². The van der Waals surface area contributed by atoms with Gasteiger partial charge in [0.25, 0.3) is 0 Å². The molecule has 5 N–H and O–H groups in total.